The zero-order valence-electron chi connectivity index (χ0n) is 22.9. The van der Waals surface area contributed by atoms with Gasteiger partial charge in [0.05, 0.1) is 24.3 Å². The summed E-state index contributed by atoms with van der Waals surface area (Å²) in [7, 11) is 0. The molecule has 1 atom stereocenters. The van der Waals surface area contributed by atoms with Crippen molar-refractivity contribution in [3.63, 3.8) is 0 Å². The van der Waals surface area contributed by atoms with Crippen LogP contribution in [0.5, 0.6) is 11.5 Å². The quantitative estimate of drug-likeness (QED) is 0.115. The van der Waals surface area contributed by atoms with E-state index in [-0.39, 0.29) is 5.97 Å². The molecule has 38 heavy (non-hydrogen) atoms. The van der Waals surface area contributed by atoms with Crippen LogP contribution < -0.4 is 9.47 Å². The van der Waals surface area contributed by atoms with Gasteiger partial charge >= 0.3 is 11.9 Å². The SMILES string of the molecule is CCCCCCCCOc1ccc(-c2ccc(C(=O)Oc3ccc(C(=O)OCC(C)CC)cc3)cc2)cc1. The van der Waals surface area contributed by atoms with E-state index in [0.717, 1.165) is 36.3 Å². The third-order valence-corrected chi connectivity index (χ3v) is 6.57. The Labute approximate surface area is 227 Å². The van der Waals surface area contributed by atoms with E-state index in [2.05, 4.69) is 13.8 Å². The first-order valence-electron chi connectivity index (χ1n) is 13.8. The van der Waals surface area contributed by atoms with Crippen molar-refractivity contribution >= 4 is 11.9 Å². The highest BCUT2D eigenvalue weighted by Gasteiger charge is 2.12. The van der Waals surface area contributed by atoms with E-state index in [1.807, 2.05) is 43.3 Å². The molecule has 0 spiro atoms. The summed E-state index contributed by atoms with van der Waals surface area (Å²) in [5, 5.41) is 0. The van der Waals surface area contributed by atoms with Crippen LogP contribution in [-0.2, 0) is 4.74 Å². The highest BCUT2D eigenvalue weighted by molar-refractivity contribution is 5.92. The molecule has 0 saturated heterocycles. The molecule has 0 amide bonds. The molecule has 0 aliphatic rings. The van der Waals surface area contributed by atoms with E-state index in [1.165, 1.54) is 32.1 Å². The molecule has 0 radical (unpaired) electrons. The van der Waals surface area contributed by atoms with Crippen LogP contribution in [0.3, 0.4) is 0 Å². The van der Waals surface area contributed by atoms with Gasteiger partial charge in [-0.3, -0.25) is 0 Å². The lowest BCUT2D eigenvalue weighted by Gasteiger charge is -2.10. The Morgan fingerprint density at radius 3 is 1.82 bits per heavy atom. The summed E-state index contributed by atoms with van der Waals surface area (Å²) in [6.07, 6.45) is 8.42. The first kappa shape index (κ1) is 29.0. The summed E-state index contributed by atoms with van der Waals surface area (Å²) in [6.45, 7) is 7.45. The predicted octanol–water partition coefficient (Wildman–Crippen LogP) is 8.52. The van der Waals surface area contributed by atoms with Crippen molar-refractivity contribution in [2.45, 2.75) is 65.7 Å². The number of unbranched alkanes of at least 4 members (excludes halogenated alkanes) is 5. The van der Waals surface area contributed by atoms with Gasteiger partial charge in [0.15, 0.2) is 0 Å². The summed E-state index contributed by atoms with van der Waals surface area (Å²) >= 11 is 0. The Kier molecular flexibility index (Phi) is 11.9. The molecule has 202 valence electrons. The summed E-state index contributed by atoms with van der Waals surface area (Å²) < 4.78 is 16.7. The van der Waals surface area contributed by atoms with Gasteiger partial charge in [-0.25, -0.2) is 9.59 Å². The molecule has 0 aliphatic heterocycles. The average molecular weight is 517 g/mol. The highest BCUT2D eigenvalue weighted by Crippen LogP contribution is 2.24. The number of rotatable bonds is 15. The lowest BCUT2D eigenvalue weighted by Crippen LogP contribution is -2.12. The number of hydrogen-bond donors (Lipinski definition) is 0. The van der Waals surface area contributed by atoms with Gasteiger partial charge in [0.25, 0.3) is 0 Å². The van der Waals surface area contributed by atoms with Crippen molar-refractivity contribution in [1.82, 2.24) is 0 Å². The van der Waals surface area contributed by atoms with Crippen LogP contribution in [0.4, 0.5) is 0 Å². The second-order valence-electron chi connectivity index (χ2n) is 9.74. The molecule has 0 fully saturated rings. The molecule has 0 aromatic heterocycles. The minimum absolute atomic E-state index is 0.318. The Balaban J connectivity index is 1.47. The summed E-state index contributed by atoms with van der Waals surface area (Å²) in [5.74, 6) is 0.725. The fourth-order valence-corrected chi connectivity index (χ4v) is 3.86. The number of esters is 2. The van der Waals surface area contributed by atoms with Gasteiger partial charge in [-0.1, -0.05) is 83.6 Å². The summed E-state index contributed by atoms with van der Waals surface area (Å²) in [5.41, 5.74) is 2.93. The molecule has 3 rings (SSSR count). The zero-order chi connectivity index (χ0) is 27.2. The third-order valence-electron chi connectivity index (χ3n) is 6.57. The Hall–Kier alpha value is -3.60. The second-order valence-corrected chi connectivity index (χ2v) is 9.74. The van der Waals surface area contributed by atoms with Crippen LogP contribution in [0.15, 0.2) is 72.8 Å². The maximum absolute atomic E-state index is 12.6. The number of carbonyl (C=O) groups excluding carboxylic acids is 2. The van der Waals surface area contributed by atoms with E-state index in [9.17, 15) is 9.59 Å². The Morgan fingerprint density at radius 2 is 1.18 bits per heavy atom. The normalized spacial score (nSPS) is 11.6. The van der Waals surface area contributed by atoms with E-state index < -0.39 is 5.97 Å². The lowest BCUT2D eigenvalue weighted by molar-refractivity contribution is 0.0447. The van der Waals surface area contributed by atoms with Crippen LogP contribution in [-0.4, -0.2) is 25.2 Å². The van der Waals surface area contributed by atoms with E-state index in [0.29, 0.717) is 29.4 Å². The Morgan fingerprint density at radius 1 is 0.658 bits per heavy atom. The topological polar surface area (TPSA) is 61.8 Å². The van der Waals surface area contributed by atoms with Gasteiger partial charge in [0.1, 0.15) is 11.5 Å². The van der Waals surface area contributed by atoms with Gasteiger partial charge in [-0.15, -0.1) is 0 Å². The van der Waals surface area contributed by atoms with E-state index >= 15 is 0 Å². The second kappa shape index (κ2) is 15.6. The number of ether oxygens (including phenoxy) is 3. The van der Waals surface area contributed by atoms with Crippen molar-refractivity contribution in [1.29, 1.82) is 0 Å². The molecule has 0 bridgehead atoms. The van der Waals surface area contributed by atoms with Gasteiger partial charge in [-0.05, 0) is 72.0 Å². The van der Waals surface area contributed by atoms with Gasteiger partial charge < -0.3 is 14.2 Å². The average Bonchev–Trinajstić information content (AvgIpc) is 2.96. The molecule has 5 nitrogen and oxygen atoms in total. The molecular formula is C33H40O5. The lowest BCUT2D eigenvalue weighted by atomic mass is 10.0. The van der Waals surface area contributed by atoms with Gasteiger partial charge in [-0.2, -0.15) is 0 Å². The Bertz CT molecular complexity index is 1120. The summed E-state index contributed by atoms with van der Waals surface area (Å²) in [6, 6.07) is 21.7. The first-order valence-corrected chi connectivity index (χ1v) is 13.8. The largest absolute Gasteiger partial charge is 0.494 e. The predicted molar refractivity (Wildman–Crippen MR) is 152 cm³/mol. The van der Waals surface area contributed by atoms with Crippen molar-refractivity contribution in [3.8, 4) is 22.6 Å². The van der Waals surface area contributed by atoms with E-state index in [1.54, 1.807) is 36.4 Å². The number of benzene rings is 3. The smallest absolute Gasteiger partial charge is 0.343 e. The number of hydrogen-bond acceptors (Lipinski definition) is 5. The van der Waals surface area contributed by atoms with Gasteiger partial charge in [0.2, 0.25) is 0 Å². The van der Waals surface area contributed by atoms with Crippen LogP contribution in [0.25, 0.3) is 11.1 Å². The minimum atomic E-state index is -0.456. The molecule has 0 N–H and O–H groups in total. The summed E-state index contributed by atoms with van der Waals surface area (Å²) in [4.78, 5) is 24.8. The molecule has 5 heteroatoms. The van der Waals surface area contributed by atoms with Crippen molar-refractivity contribution in [2.24, 2.45) is 5.92 Å². The molecule has 0 heterocycles. The maximum atomic E-state index is 12.6. The zero-order valence-corrected chi connectivity index (χ0v) is 22.9. The fourth-order valence-electron chi connectivity index (χ4n) is 3.86. The molecule has 3 aromatic rings. The maximum Gasteiger partial charge on any atom is 0.343 e. The molecule has 0 aliphatic carbocycles. The molecular weight excluding hydrogens is 476 g/mol. The molecule has 0 saturated carbocycles. The van der Waals surface area contributed by atoms with Crippen LogP contribution >= 0.6 is 0 Å². The fraction of sp³-hybridized carbons (Fsp3) is 0.394. The minimum Gasteiger partial charge on any atom is -0.494 e. The standard InChI is InChI=1S/C33H40O5/c1-4-6-7-8-9-10-23-36-30-19-15-27(16-20-30)26-11-13-29(14-12-26)33(35)38-31-21-17-28(18-22-31)32(34)37-24-25(3)5-2/h11-22,25H,4-10,23-24H2,1-3H3. The highest BCUT2D eigenvalue weighted by atomic mass is 16.5. The van der Waals surface area contributed by atoms with Crippen LogP contribution in [0.2, 0.25) is 0 Å². The van der Waals surface area contributed by atoms with Crippen molar-refractivity contribution < 1.29 is 23.8 Å². The molecule has 1 unspecified atom stereocenters. The van der Waals surface area contributed by atoms with E-state index in [4.69, 9.17) is 14.2 Å². The van der Waals surface area contributed by atoms with Crippen LogP contribution in [0, 0.1) is 5.92 Å². The molecule has 3 aromatic carbocycles. The van der Waals surface area contributed by atoms with Crippen molar-refractivity contribution in [2.75, 3.05) is 13.2 Å². The monoisotopic (exact) mass is 516 g/mol. The van der Waals surface area contributed by atoms with Gasteiger partial charge in [0, 0.05) is 0 Å². The number of carbonyl (C=O) groups is 2. The van der Waals surface area contributed by atoms with Crippen molar-refractivity contribution in [3.05, 3.63) is 83.9 Å². The third kappa shape index (κ3) is 9.37. The first-order chi connectivity index (χ1) is 18.5. The van der Waals surface area contributed by atoms with Crippen LogP contribution in [0.1, 0.15) is 86.4 Å².